The van der Waals surface area contributed by atoms with Crippen molar-refractivity contribution in [2.24, 2.45) is 0 Å². The molecule has 0 atom stereocenters. The van der Waals surface area contributed by atoms with Crippen molar-refractivity contribution in [3.8, 4) is 11.1 Å². The summed E-state index contributed by atoms with van der Waals surface area (Å²) in [5, 5.41) is 1.63. The van der Waals surface area contributed by atoms with Gasteiger partial charge < -0.3 is 4.98 Å². The van der Waals surface area contributed by atoms with Crippen LogP contribution in [0.1, 0.15) is 16.1 Å². The first-order valence-corrected chi connectivity index (χ1v) is 8.40. The number of fused-ring (bicyclic) bond motifs is 1. The number of hydrogen-bond acceptors (Lipinski definition) is 1. The van der Waals surface area contributed by atoms with Crippen molar-refractivity contribution in [1.82, 2.24) is 4.98 Å². The smallest absolute Gasteiger partial charge is 0.166 e. The molecule has 0 amide bonds. The van der Waals surface area contributed by atoms with E-state index in [9.17, 15) is 4.79 Å². The molecule has 0 fully saturated rings. The summed E-state index contributed by atoms with van der Waals surface area (Å²) in [6.45, 7) is 2.08. The number of halogens is 1. The van der Waals surface area contributed by atoms with Gasteiger partial charge in [-0.2, -0.15) is 0 Å². The molecule has 25 heavy (non-hydrogen) atoms. The molecule has 0 aliphatic carbocycles. The van der Waals surface area contributed by atoms with Crippen molar-refractivity contribution in [3.05, 3.63) is 95.1 Å². The van der Waals surface area contributed by atoms with Gasteiger partial charge in [0.2, 0.25) is 0 Å². The van der Waals surface area contributed by atoms with Crippen molar-refractivity contribution in [3.63, 3.8) is 0 Å². The molecule has 1 aromatic heterocycles. The van der Waals surface area contributed by atoms with E-state index in [0.29, 0.717) is 10.7 Å². The zero-order valence-electron chi connectivity index (χ0n) is 13.9. The third-order valence-corrected chi connectivity index (χ3v) is 4.15. The molecular formula is C22H18ClNO. The van der Waals surface area contributed by atoms with Gasteiger partial charge in [-0.3, -0.25) is 4.79 Å². The Morgan fingerprint density at radius 3 is 2.08 bits per heavy atom. The van der Waals surface area contributed by atoms with Gasteiger partial charge >= 0.3 is 0 Å². The summed E-state index contributed by atoms with van der Waals surface area (Å²) in [5.74, 6) is 0. The van der Waals surface area contributed by atoms with Crippen molar-refractivity contribution in [2.45, 2.75) is 6.92 Å². The maximum Gasteiger partial charge on any atom is 0.166 e. The van der Waals surface area contributed by atoms with E-state index in [1.54, 1.807) is 0 Å². The van der Waals surface area contributed by atoms with Crippen LogP contribution >= 0.6 is 11.6 Å². The SMILES string of the molecule is Cc1ccccc1.O=Cc1[nH]c2ccc(Cl)cc2c1-c1ccccc1. The first-order chi connectivity index (χ1) is 12.2. The Kier molecular flexibility index (Phi) is 5.32. The molecule has 4 aromatic rings. The normalized spacial score (nSPS) is 10.2. The molecule has 0 bridgehead atoms. The van der Waals surface area contributed by atoms with E-state index in [1.807, 2.05) is 66.7 Å². The Hall–Kier alpha value is -2.84. The van der Waals surface area contributed by atoms with Crippen LogP contribution in [0, 0.1) is 6.92 Å². The molecule has 1 heterocycles. The number of aryl methyl sites for hydroxylation is 1. The number of carbonyl (C=O) groups is 1. The molecule has 0 radical (unpaired) electrons. The number of rotatable bonds is 2. The predicted molar refractivity (Wildman–Crippen MR) is 105 cm³/mol. The topological polar surface area (TPSA) is 32.9 Å². The molecule has 0 saturated heterocycles. The lowest BCUT2D eigenvalue weighted by atomic mass is 10.0. The van der Waals surface area contributed by atoms with Crippen molar-refractivity contribution < 1.29 is 4.79 Å². The molecule has 124 valence electrons. The number of aromatic nitrogens is 1. The minimum atomic E-state index is 0.582. The second-order valence-corrected chi connectivity index (χ2v) is 6.18. The zero-order valence-corrected chi connectivity index (χ0v) is 14.6. The molecular weight excluding hydrogens is 330 g/mol. The molecule has 2 nitrogen and oxygen atoms in total. The van der Waals surface area contributed by atoms with Gasteiger partial charge in [-0.05, 0) is 30.7 Å². The minimum absolute atomic E-state index is 0.582. The van der Waals surface area contributed by atoms with Crippen LogP contribution in [0.2, 0.25) is 5.02 Å². The Morgan fingerprint density at radius 1 is 0.880 bits per heavy atom. The van der Waals surface area contributed by atoms with E-state index in [4.69, 9.17) is 11.6 Å². The molecule has 3 heteroatoms. The number of carbonyl (C=O) groups excluding carboxylic acids is 1. The standard InChI is InChI=1S/C15H10ClNO.C7H8/c16-11-6-7-13-12(8-11)15(14(9-18)17-13)10-4-2-1-3-5-10;1-7-5-3-2-4-6-7/h1-9,17H;2-6H,1H3. The van der Waals surface area contributed by atoms with E-state index < -0.39 is 0 Å². The third kappa shape index (κ3) is 3.98. The summed E-state index contributed by atoms with van der Waals surface area (Å²) in [6, 6.07) is 25.7. The molecule has 3 aromatic carbocycles. The van der Waals surface area contributed by atoms with Crippen molar-refractivity contribution >= 4 is 28.8 Å². The second kappa shape index (κ2) is 7.82. The second-order valence-electron chi connectivity index (χ2n) is 5.74. The lowest BCUT2D eigenvalue weighted by Gasteiger charge is -2.01. The van der Waals surface area contributed by atoms with Gasteiger partial charge in [0.05, 0.1) is 5.69 Å². The van der Waals surface area contributed by atoms with E-state index in [-0.39, 0.29) is 0 Å². The lowest BCUT2D eigenvalue weighted by Crippen LogP contribution is -1.83. The van der Waals surface area contributed by atoms with Gasteiger partial charge in [0.15, 0.2) is 6.29 Å². The van der Waals surface area contributed by atoms with E-state index in [0.717, 1.165) is 28.3 Å². The quantitative estimate of drug-likeness (QED) is 0.424. The summed E-state index contributed by atoms with van der Waals surface area (Å²) in [6.07, 6.45) is 0.843. The van der Waals surface area contributed by atoms with Gasteiger partial charge in [-0.25, -0.2) is 0 Å². The first kappa shape index (κ1) is 17.0. The highest BCUT2D eigenvalue weighted by Crippen LogP contribution is 2.33. The minimum Gasteiger partial charge on any atom is -0.352 e. The largest absolute Gasteiger partial charge is 0.352 e. The summed E-state index contributed by atoms with van der Waals surface area (Å²) in [7, 11) is 0. The fourth-order valence-electron chi connectivity index (χ4n) is 2.72. The van der Waals surface area contributed by atoms with Gasteiger partial charge in [-0.1, -0.05) is 77.8 Å². The number of aldehydes is 1. The summed E-state index contributed by atoms with van der Waals surface area (Å²) in [4.78, 5) is 14.3. The number of nitrogens with one attached hydrogen (secondary N) is 1. The van der Waals surface area contributed by atoms with Crippen LogP contribution in [0.5, 0.6) is 0 Å². The Labute approximate surface area is 152 Å². The summed E-state index contributed by atoms with van der Waals surface area (Å²) < 4.78 is 0. The van der Waals surface area contributed by atoms with E-state index in [1.165, 1.54) is 5.56 Å². The zero-order chi connectivity index (χ0) is 17.6. The number of H-pyrrole nitrogens is 1. The monoisotopic (exact) mass is 347 g/mol. The summed E-state index contributed by atoms with van der Waals surface area (Å²) >= 11 is 6.03. The molecule has 0 aliphatic rings. The predicted octanol–water partition coefficient (Wildman–Crippen LogP) is 6.30. The van der Waals surface area contributed by atoms with Gasteiger partial charge in [0.25, 0.3) is 0 Å². The highest BCUT2D eigenvalue weighted by molar-refractivity contribution is 6.31. The van der Waals surface area contributed by atoms with Gasteiger partial charge in [-0.15, -0.1) is 0 Å². The molecule has 0 unspecified atom stereocenters. The first-order valence-electron chi connectivity index (χ1n) is 8.02. The number of aromatic amines is 1. The van der Waals surface area contributed by atoms with Crippen LogP contribution in [0.25, 0.3) is 22.0 Å². The maximum atomic E-state index is 11.2. The molecule has 0 spiro atoms. The Bertz CT molecular complexity index is 975. The third-order valence-electron chi connectivity index (χ3n) is 3.91. The Morgan fingerprint density at radius 2 is 1.52 bits per heavy atom. The average molecular weight is 348 g/mol. The maximum absolute atomic E-state index is 11.2. The average Bonchev–Trinajstić information content (AvgIpc) is 3.01. The van der Waals surface area contributed by atoms with Crippen LogP contribution in [0.15, 0.2) is 78.9 Å². The van der Waals surface area contributed by atoms with Crippen LogP contribution in [0.3, 0.4) is 0 Å². The molecule has 0 saturated carbocycles. The van der Waals surface area contributed by atoms with Crippen molar-refractivity contribution in [2.75, 3.05) is 0 Å². The highest BCUT2D eigenvalue weighted by atomic mass is 35.5. The van der Waals surface area contributed by atoms with Crippen LogP contribution < -0.4 is 0 Å². The van der Waals surface area contributed by atoms with Crippen molar-refractivity contribution in [1.29, 1.82) is 0 Å². The van der Waals surface area contributed by atoms with E-state index in [2.05, 4.69) is 24.0 Å². The lowest BCUT2D eigenvalue weighted by molar-refractivity contribution is 0.112. The molecule has 4 rings (SSSR count). The summed E-state index contributed by atoms with van der Waals surface area (Å²) in [5.41, 5.74) is 4.73. The molecule has 1 N–H and O–H groups in total. The number of hydrogen-bond donors (Lipinski definition) is 1. The molecule has 0 aliphatic heterocycles. The number of benzene rings is 3. The Balaban J connectivity index is 0.000000219. The highest BCUT2D eigenvalue weighted by Gasteiger charge is 2.12. The van der Waals surface area contributed by atoms with Crippen LogP contribution in [-0.4, -0.2) is 11.3 Å². The fraction of sp³-hybridized carbons (Fsp3) is 0.0455. The fourth-order valence-corrected chi connectivity index (χ4v) is 2.90. The van der Waals surface area contributed by atoms with Gasteiger partial charge in [0.1, 0.15) is 0 Å². The van der Waals surface area contributed by atoms with E-state index >= 15 is 0 Å². The van der Waals surface area contributed by atoms with Crippen LogP contribution in [-0.2, 0) is 0 Å². The van der Waals surface area contributed by atoms with Gasteiger partial charge in [0, 0.05) is 21.5 Å². The van der Waals surface area contributed by atoms with Crippen LogP contribution in [0.4, 0.5) is 0 Å².